The summed E-state index contributed by atoms with van der Waals surface area (Å²) in [6.07, 6.45) is 4.98. The van der Waals surface area contributed by atoms with E-state index in [0.717, 1.165) is 62.0 Å². The van der Waals surface area contributed by atoms with Gasteiger partial charge in [0.05, 0.1) is 5.69 Å². The number of nitrogens with zero attached hydrogens (tertiary/aromatic N) is 5. The zero-order chi connectivity index (χ0) is 18.6. The molecule has 27 heavy (non-hydrogen) atoms. The average Bonchev–Trinajstić information content (AvgIpc) is 3.37. The molecule has 0 atom stereocenters. The monoisotopic (exact) mass is 370 g/mol. The molecule has 1 saturated carbocycles. The molecule has 3 aliphatic rings. The third-order valence-corrected chi connectivity index (χ3v) is 6.28. The second-order valence-corrected chi connectivity index (χ2v) is 8.40. The van der Waals surface area contributed by atoms with E-state index < -0.39 is 0 Å². The van der Waals surface area contributed by atoms with Gasteiger partial charge in [-0.2, -0.15) is 5.10 Å². The first-order chi connectivity index (χ1) is 13.0. The summed E-state index contributed by atoms with van der Waals surface area (Å²) in [5.41, 5.74) is 1.95. The quantitative estimate of drug-likeness (QED) is 0.880. The first-order valence-corrected chi connectivity index (χ1v) is 9.90. The maximum atomic E-state index is 12.5. The van der Waals surface area contributed by atoms with E-state index in [1.165, 1.54) is 18.4 Å². The van der Waals surface area contributed by atoms with E-state index in [2.05, 4.69) is 20.5 Å². The van der Waals surface area contributed by atoms with Gasteiger partial charge in [0.1, 0.15) is 18.1 Å². The van der Waals surface area contributed by atoms with E-state index in [1.54, 1.807) is 0 Å². The normalized spacial score (nSPS) is 22.5. The number of nitrogens with one attached hydrogen (secondary N) is 1. The Bertz CT molecular complexity index is 853. The molecular formula is C19H26N6O2. The lowest BCUT2D eigenvalue weighted by Gasteiger charge is -2.41. The van der Waals surface area contributed by atoms with Crippen LogP contribution in [0.15, 0.2) is 4.52 Å². The van der Waals surface area contributed by atoms with Crippen LogP contribution in [0.1, 0.15) is 60.3 Å². The standard InChI is InChI=1S/C19H26N6O2/c1-12-15(13(2)27-23-12)10-24-7-5-19(6-8-24)9-16-20-18(14-3-4-14)22-25(16)11-17(26)21-19/h14H,3-11H2,1-2H3,(H,21,26). The molecule has 1 amide bonds. The minimum absolute atomic E-state index is 0.0557. The van der Waals surface area contributed by atoms with Crippen molar-refractivity contribution in [1.29, 1.82) is 0 Å². The van der Waals surface area contributed by atoms with Crippen LogP contribution in [0.3, 0.4) is 0 Å². The van der Waals surface area contributed by atoms with Crippen LogP contribution in [0.25, 0.3) is 0 Å². The Kier molecular flexibility index (Phi) is 3.86. The summed E-state index contributed by atoms with van der Waals surface area (Å²) in [6.45, 7) is 6.98. The minimum atomic E-state index is -0.200. The molecule has 2 aromatic heterocycles. The molecule has 0 unspecified atom stereocenters. The highest BCUT2D eigenvalue weighted by Gasteiger charge is 2.41. The summed E-state index contributed by atoms with van der Waals surface area (Å²) < 4.78 is 7.12. The van der Waals surface area contributed by atoms with Crippen molar-refractivity contribution < 1.29 is 9.32 Å². The summed E-state index contributed by atoms with van der Waals surface area (Å²) in [7, 11) is 0. The van der Waals surface area contributed by atoms with Gasteiger partial charge in [-0.05, 0) is 39.5 Å². The van der Waals surface area contributed by atoms with Gasteiger partial charge in [-0.15, -0.1) is 0 Å². The van der Waals surface area contributed by atoms with Gasteiger partial charge in [0.25, 0.3) is 0 Å². The third-order valence-electron chi connectivity index (χ3n) is 6.28. The second-order valence-electron chi connectivity index (χ2n) is 8.40. The van der Waals surface area contributed by atoms with Gasteiger partial charge in [-0.3, -0.25) is 9.69 Å². The number of carbonyl (C=O) groups is 1. The lowest BCUT2D eigenvalue weighted by Crippen LogP contribution is -2.56. The van der Waals surface area contributed by atoms with E-state index in [-0.39, 0.29) is 11.4 Å². The first-order valence-electron chi connectivity index (χ1n) is 9.90. The van der Waals surface area contributed by atoms with Crippen molar-refractivity contribution in [2.75, 3.05) is 13.1 Å². The molecule has 0 radical (unpaired) electrons. The second kappa shape index (κ2) is 6.15. The number of hydrogen-bond acceptors (Lipinski definition) is 6. The van der Waals surface area contributed by atoms with Crippen LogP contribution in [0.2, 0.25) is 0 Å². The fraction of sp³-hybridized carbons (Fsp3) is 0.684. The molecule has 2 fully saturated rings. The highest BCUT2D eigenvalue weighted by molar-refractivity contribution is 5.77. The molecule has 5 rings (SSSR count). The molecule has 2 aliphatic heterocycles. The summed E-state index contributed by atoms with van der Waals surface area (Å²) in [6, 6.07) is 0. The van der Waals surface area contributed by atoms with E-state index >= 15 is 0 Å². The lowest BCUT2D eigenvalue weighted by molar-refractivity contribution is -0.123. The van der Waals surface area contributed by atoms with Crippen molar-refractivity contribution in [3.05, 3.63) is 28.7 Å². The average molecular weight is 370 g/mol. The molecular weight excluding hydrogens is 344 g/mol. The van der Waals surface area contributed by atoms with Crippen LogP contribution in [-0.4, -0.2) is 49.4 Å². The van der Waals surface area contributed by atoms with E-state index in [0.29, 0.717) is 12.5 Å². The number of rotatable bonds is 3. The number of aryl methyl sites for hydroxylation is 2. The van der Waals surface area contributed by atoms with Crippen LogP contribution in [-0.2, 0) is 24.3 Å². The van der Waals surface area contributed by atoms with Crippen molar-refractivity contribution in [1.82, 2.24) is 30.1 Å². The fourth-order valence-corrected chi connectivity index (χ4v) is 4.38. The number of likely N-dealkylation sites (tertiary alicyclic amines) is 1. The predicted molar refractivity (Wildman–Crippen MR) is 97.1 cm³/mol. The Morgan fingerprint density at radius 3 is 2.70 bits per heavy atom. The Labute approximate surface area is 158 Å². The molecule has 0 aromatic carbocycles. The van der Waals surface area contributed by atoms with Crippen molar-refractivity contribution in [3.8, 4) is 0 Å². The number of piperidine rings is 1. The molecule has 1 spiro atoms. The van der Waals surface area contributed by atoms with Crippen LogP contribution >= 0.6 is 0 Å². The first kappa shape index (κ1) is 16.9. The topological polar surface area (TPSA) is 89.1 Å². The summed E-state index contributed by atoms with van der Waals surface area (Å²) in [5, 5.41) is 12.0. The zero-order valence-electron chi connectivity index (χ0n) is 16.0. The smallest absolute Gasteiger partial charge is 0.242 e. The molecule has 144 valence electrons. The zero-order valence-corrected chi connectivity index (χ0v) is 16.0. The predicted octanol–water partition coefficient (Wildman–Crippen LogP) is 1.47. The Balaban J connectivity index is 1.31. The van der Waals surface area contributed by atoms with Gasteiger partial charge in [0.2, 0.25) is 5.91 Å². The molecule has 2 aromatic rings. The van der Waals surface area contributed by atoms with Gasteiger partial charge in [-0.1, -0.05) is 5.16 Å². The Morgan fingerprint density at radius 1 is 1.26 bits per heavy atom. The van der Waals surface area contributed by atoms with Crippen LogP contribution < -0.4 is 5.32 Å². The maximum absolute atomic E-state index is 12.5. The molecule has 1 aliphatic carbocycles. The van der Waals surface area contributed by atoms with Crippen LogP contribution in [0.4, 0.5) is 0 Å². The van der Waals surface area contributed by atoms with E-state index in [4.69, 9.17) is 9.51 Å². The number of hydrogen-bond donors (Lipinski definition) is 1. The molecule has 1 N–H and O–H groups in total. The minimum Gasteiger partial charge on any atom is -0.361 e. The number of carbonyl (C=O) groups excluding carboxylic acids is 1. The van der Waals surface area contributed by atoms with Crippen molar-refractivity contribution in [3.63, 3.8) is 0 Å². The third kappa shape index (κ3) is 3.16. The van der Waals surface area contributed by atoms with Crippen LogP contribution in [0.5, 0.6) is 0 Å². The lowest BCUT2D eigenvalue weighted by atomic mass is 9.84. The molecule has 4 heterocycles. The molecule has 0 bridgehead atoms. The number of amides is 1. The summed E-state index contributed by atoms with van der Waals surface area (Å²) in [4.78, 5) is 19.7. The van der Waals surface area contributed by atoms with Gasteiger partial charge < -0.3 is 9.84 Å². The molecule has 1 saturated heterocycles. The van der Waals surface area contributed by atoms with Crippen LogP contribution in [0, 0.1) is 13.8 Å². The van der Waals surface area contributed by atoms with Gasteiger partial charge >= 0.3 is 0 Å². The largest absolute Gasteiger partial charge is 0.361 e. The SMILES string of the molecule is Cc1noc(C)c1CN1CCC2(CC1)Cc1nc(C3CC3)nn1CC(=O)N2. The highest BCUT2D eigenvalue weighted by Crippen LogP contribution is 2.39. The molecule has 8 nitrogen and oxygen atoms in total. The number of fused-ring (bicyclic) bond motifs is 1. The van der Waals surface area contributed by atoms with Gasteiger partial charge in [-0.25, -0.2) is 9.67 Å². The fourth-order valence-electron chi connectivity index (χ4n) is 4.38. The number of aromatic nitrogens is 4. The highest BCUT2D eigenvalue weighted by atomic mass is 16.5. The van der Waals surface area contributed by atoms with Crippen molar-refractivity contribution >= 4 is 5.91 Å². The van der Waals surface area contributed by atoms with E-state index in [9.17, 15) is 4.79 Å². The summed E-state index contributed by atoms with van der Waals surface area (Å²) in [5.74, 6) is 3.37. The van der Waals surface area contributed by atoms with Crippen molar-refractivity contribution in [2.45, 2.75) is 70.5 Å². The van der Waals surface area contributed by atoms with Gasteiger partial charge in [0, 0.05) is 43.1 Å². The van der Waals surface area contributed by atoms with Crippen molar-refractivity contribution in [2.24, 2.45) is 0 Å². The van der Waals surface area contributed by atoms with Gasteiger partial charge in [0.15, 0.2) is 5.82 Å². The molecule has 8 heteroatoms. The maximum Gasteiger partial charge on any atom is 0.242 e. The Morgan fingerprint density at radius 2 is 2.04 bits per heavy atom. The van der Waals surface area contributed by atoms with E-state index in [1.807, 2.05) is 18.5 Å². The summed E-state index contributed by atoms with van der Waals surface area (Å²) >= 11 is 0. The Hall–Kier alpha value is -2.22.